The summed E-state index contributed by atoms with van der Waals surface area (Å²) >= 11 is 0. The largest absolute Gasteiger partial charge is 0.495 e. The van der Waals surface area contributed by atoms with Crippen LogP contribution in [-0.2, 0) is 9.59 Å². The predicted molar refractivity (Wildman–Crippen MR) is 94.2 cm³/mol. The van der Waals surface area contributed by atoms with Crippen molar-refractivity contribution in [2.45, 2.75) is 38.5 Å². The fourth-order valence-electron chi connectivity index (χ4n) is 5.94. The maximum Gasteiger partial charge on any atom is 0.238 e. The summed E-state index contributed by atoms with van der Waals surface area (Å²) < 4.78 is 5.42. The standard InChI is InChI=1S/C21H23NO3/c1-25-17-11-3-2-10-16(17)22-20(23)18-14-8-4-6-12(14)13-7-5-9-15(13)19(18)21(22)24/h2-3,10-11,14-15,18-19H,4-9H2,1H3/t14-,15-,18-,19-/m0/s1. The maximum atomic E-state index is 13.4. The number of rotatable bonds is 2. The van der Waals surface area contributed by atoms with E-state index in [1.807, 2.05) is 24.3 Å². The zero-order chi connectivity index (χ0) is 17.1. The van der Waals surface area contributed by atoms with Crippen molar-refractivity contribution >= 4 is 17.5 Å². The molecule has 1 heterocycles. The van der Waals surface area contributed by atoms with Gasteiger partial charge in [-0.1, -0.05) is 23.3 Å². The van der Waals surface area contributed by atoms with Gasteiger partial charge in [0.25, 0.3) is 0 Å². The molecule has 25 heavy (non-hydrogen) atoms. The van der Waals surface area contributed by atoms with Crippen LogP contribution in [0, 0.1) is 23.7 Å². The third-order valence-corrected chi connectivity index (χ3v) is 6.82. The number of allylic oxidation sites excluding steroid dienone is 2. The van der Waals surface area contributed by atoms with Crippen LogP contribution in [0.1, 0.15) is 38.5 Å². The van der Waals surface area contributed by atoms with E-state index < -0.39 is 0 Å². The van der Waals surface area contributed by atoms with E-state index in [4.69, 9.17) is 4.74 Å². The Morgan fingerprint density at radius 2 is 1.48 bits per heavy atom. The molecule has 1 aromatic rings. The second-order valence-corrected chi connectivity index (χ2v) is 7.78. The van der Waals surface area contributed by atoms with Gasteiger partial charge in [0, 0.05) is 0 Å². The Hall–Kier alpha value is -2.10. The summed E-state index contributed by atoms with van der Waals surface area (Å²) in [7, 11) is 1.59. The number of amides is 2. The topological polar surface area (TPSA) is 46.6 Å². The number of carbonyl (C=O) groups excluding carboxylic acids is 2. The summed E-state index contributed by atoms with van der Waals surface area (Å²) in [5.41, 5.74) is 3.67. The minimum atomic E-state index is -0.151. The normalized spacial score (nSPS) is 33.6. The van der Waals surface area contributed by atoms with Crippen LogP contribution < -0.4 is 9.64 Å². The van der Waals surface area contributed by atoms with E-state index in [2.05, 4.69) is 0 Å². The first kappa shape index (κ1) is 15.2. The third kappa shape index (κ3) is 1.94. The number of ether oxygens (including phenoxy) is 1. The molecule has 130 valence electrons. The van der Waals surface area contributed by atoms with Crippen LogP contribution in [0.15, 0.2) is 35.4 Å². The van der Waals surface area contributed by atoms with Crippen LogP contribution in [0.5, 0.6) is 5.75 Å². The summed E-state index contributed by atoms with van der Waals surface area (Å²) in [6.45, 7) is 0. The van der Waals surface area contributed by atoms with Gasteiger partial charge >= 0.3 is 0 Å². The molecule has 3 fully saturated rings. The SMILES string of the molecule is COc1ccccc1N1C(=O)[C@@H]2[C@@H](C1=O)[C@H]1CCCC1=C1CCC[C@@H]12. The number of imide groups is 1. The van der Waals surface area contributed by atoms with E-state index in [-0.39, 0.29) is 23.7 Å². The van der Waals surface area contributed by atoms with Gasteiger partial charge in [0.2, 0.25) is 11.8 Å². The van der Waals surface area contributed by atoms with E-state index in [1.54, 1.807) is 7.11 Å². The number of para-hydroxylation sites is 2. The number of benzene rings is 1. The zero-order valence-corrected chi connectivity index (χ0v) is 14.5. The van der Waals surface area contributed by atoms with E-state index in [9.17, 15) is 9.59 Å². The molecule has 4 nitrogen and oxygen atoms in total. The van der Waals surface area contributed by atoms with Gasteiger partial charge < -0.3 is 4.74 Å². The average Bonchev–Trinajstić information content (AvgIpc) is 3.33. The molecule has 2 amide bonds. The van der Waals surface area contributed by atoms with Gasteiger partial charge in [-0.15, -0.1) is 0 Å². The van der Waals surface area contributed by atoms with Gasteiger partial charge in [-0.2, -0.15) is 0 Å². The highest BCUT2D eigenvalue weighted by Gasteiger charge is 2.59. The first-order valence-electron chi connectivity index (χ1n) is 9.45. The Bertz CT molecular complexity index is 754. The number of hydrogen-bond donors (Lipinski definition) is 0. The van der Waals surface area contributed by atoms with Gasteiger partial charge in [-0.25, -0.2) is 4.90 Å². The summed E-state index contributed by atoms with van der Waals surface area (Å²) in [5.74, 6) is 0.873. The van der Waals surface area contributed by atoms with Crippen molar-refractivity contribution in [3.05, 3.63) is 35.4 Å². The fourth-order valence-corrected chi connectivity index (χ4v) is 5.94. The molecule has 0 bridgehead atoms. The highest BCUT2D eigenvalue weighted by molar-refractivity contribution is 6.23. The maximum absolute atomic E-state index is 13.4. The molecule has 3 aliphatic carbocycles. The molecule has 2 saturated carbocycles. The molecule has 0 unspecified atom stereocenters. The van der Waals surface area contributed by atoms with Gasteiger partial charge in [0.05, 0.1) is 24.6 Å². The second kappa shape index (κ2) is 5.45. The molecule has 0 spiro atoms. The van der Waals surface area contributed by atoms with Gasteiger partial charge in [-0.05, 0) is 62.5 Å². The quantitative estimate of drug-likeness (QED) is 0.610. The Kier molecular flexibility index (Phi) is 3.31. The summed E-state index contributed by atoms with van der Waals surface area (Å²) in [6, 6.07) is 7.37. The molecule has 0 radical (unpaired) electrons. The number of hydrogen-bond acceptors (Lipinski definition) is 3. The second-order valence-electron chi connectivity index (χ2n) is 7.78. The van der Waals surface area contributed by atoms with Crippen molar-refractivity contribution in [2.24, 2.45) is 23.7 Å². The molecule has 1 aliphatic heterocycles. The van der Waals surface area contributed by atoms with Gasteiger partial charge in [0.1, 0.15) is 5.75 Å². The minimum absolute atomic E-state index is 0.00477. The van der Waals surface area contributed by atoms with Crippen LogP contribution in [0.3, 0.4) is 0 Å². The van der Waals surface area contributed by atoms with Crippen molar-refractivity contribution in [1.82, 2.24) is 0 Å². The lowest BCUT2D eigenvalue weighted by atomic mass is 9.66. The highest BCUT2D eigenvalue weighted by Crippen LogP contribution is 2.58. The van der Waals surface area contributed by atoms with Crippen molar-refractivity contribution in [2.75, 3.05) is 12.0 Å². The Balaban J connectivity index is 1.62. The molecule has 0 N–H and O–H groups in total. The van der Waals surface area contributed by atoms with Crippen LogP contribution in [0.2, 0.25) is 0 Å². The summed E-state index contributed by atoms with van der Waals surface area (Å²) in [5, 5.41) is 0. The van der Waals surface area contributed by atoms with Crippen molar-refractivity contribution in [3.8, 4) is 5.75 Å². The fraction of sp³-hybridized carbons (Fsp3) is 0.524. The predicted octanol–water partition coefficient (Wildman–Crippen LogP) is 3.71. The third-order valence-electron chi connectivity index (χ3n) is 6.82. The van der Waals surface area contributed by atoms with Crippen LogP contribution in [-0.4, -0.2) is 18.9 Å². The molecular formula is C21H23NO3. The van der Waals surface area contributed by atoms with Crippen LogP contribution in [0.25, 0.3) is 0 Å². The van der Waals surface area contributed by atoms with Crippen LogP contribution >= 0.6 is 0 Å². The minimum Gasteiger partial charge on any atom is -0.495 e. The first-order chi connectivity index (χ1) is 12.2. The molecule has 4 aliphatic rings. The molecule has 1 saturated heterocycles. The monoisotopic (exact) mass is 337 g/mol. The average molecular weight is 337 g/mol. The lowest BCUT2D eigenvalue weighted by Gasteiger charge is -2.34. The summed E-state index contributed by atoms with van der Waals surface area (Å²) in [6.07, 6.45) is 6.72. The highest BCUT2D eigenvalue weighted by atomic mass is 16.5. The Labute approximate surface area is 147 Å². The Morgan fingerprint density at radius 3 is 2.04 bits per heavy atom. The first-order valence-corrected chi connectivity index (χ1v) is 9.45. The van der Waals surface area contributed by atoms with Gasteiger partial charge in [0.15, 0.2) is 0 Å². The van der Waals surface area contributed by atoms with Crippen LogP contribution in [0.4, 0.5) is 5.69 Å². The molecule has 4 heteroatoms. The Morgan fingerprint density at radius 1 is 0.920 bits per heavy atom. The number of carbonyl (C=O) groups is 2. The van der Waals surface area contributed by atoms with Crippen molar-refractivity contribution < 1.29 is 14.3 Å². The van der Waals surface area contributed by atoms with Crippen molar-refractivity contribution in [1.29, 1.82) is 0 Å². The zero-order valence-electron chi connectivity index (χ0n) is 14.5. The van der Waals surface area contributed by atoms with E-state index in [0.29, 0.717) is 23.3 Å². The molecule has 1 aromatic carbocycles. The molecule has 0 aromatic heterocycles. The number of anilines is 1. The molecular weight excluding hydrogens is 314 g/mol. The van der Waals surface area contributed by atoms with Crippen molar-refractivity contribution in [3.63, 3.8) is 0 Å². The number of fused-ring (bicyclic) bond motifs is 5. The van der Waals surface area contributed by atoms with E-state index in [0.717, 1.165) is 38.5 Å². The van der Waals surface area contributed by atoms with E-state index in [1.165, 1.54) is 16.0 Å². The molecule has 5 rings (SSSR count). The summed E-state index contributed by atoms with van der Waals surface area (Å²) in [4.78, 5) is 28.2. The lowest BCUT2D eigenvalue weighted by molar-refractivity contribution is -0.122. The smallest absolute Gasteiger partial charge is 0.238 e. The molecule has 4 atom stereocenters. The lowest BCUT2D eigenvalue weighted by Crippen LogP contribution is -2.35. The number of nitrogens with zero attached hydrogens (tertiary/aromatic N) is 1. The van der Waals surface area contributed by atoms with Gasteiger partial charge in [-0.3, -0.25) is 9.59 Å². The van der Waals surface area contributed by atoms with E-state index >= 15 is 0 Å². The number of methoxy groups -OCH3 is 1.